The number of carbonyl (C=O) groups excluding carboxylic acids is 2. The molecule has 0 atom stereocenters. The topological polar surface area (TPSA) is 187 Å². The van der Waals surface area contributed by atoms with Crippen LogP contribution in [0.2, 0.25) is 0 Å². The number of hydrogen-bond donors (Lipinski definition) is 7. The molecule has 0 fully saturated rings. The molecule has 0 saturated carbocycles. The van der Waals surface area contributed by atoms with Gasteiger partial charge in [0.05, 0.1) is 0 Å². The van der Waals surface area contributed by atoms with Gasteiger partial charge in [0.25, 0.3) is 0 Å². The molecule has 8 N–H and O–H groups in total. The van der Waals surface area contributed by atoms with Crippen LogP contribution in [0.15, 0.2) is 34.3 Å². The van der Waals surface area contributed by atoms with Crippen molar-refractivity contribution < 1.29 is 14.8 Å². The van der Waals surface area contributed by atoms with Crippen molar-refractivity contribution in [1.29, 1.82) is 0 Å². The Balaban J connectivity index is 0.00000100. The molecule has 12 nitrogen and oxygen atoms in total. The summed E-state index contributed by atoms with van der Waals surface area (Å²) in [6.07, 6.45) is 35.2. The van der Waals surface area contributed by atoms with Gasteiger partial charge in [-0.1, -0.05) is 94.7 Å². The van der Waals surface area contributed by atoms with Crippen molar-refractivity contribution in [2.24, 2.45) is 10.9 Å². The molecule has 1 aromatic heterocycles. The summed E-state index contributed by atoms with van der Waals surface area (Å²) in [7, 11) is 0. The van der Waals surface area contributed by atoms with Crippen LogP contribution in [0, 0.1) is 0 Å². The van der Waals surface area contributed by atoms with Gasteiger partial charge in [0.2, 0.25) is 0 Å². The summed E-state index contributed by atoms with van der Waals surface area (Å²) in [5, 5.41) is 22.9. The molecular formula is C39H74N8O4S. The van der Waals surface area contributed by atoms with Crippen LogP contribution in [0.5, 0.6) is 0 Å². The van der Waals surface area contributed by atoms with Gasteiger partial charge in [-0.25, -0.2) is 9.59 Å². The number of nitrogens with two attached hydrogens (primary N) is 1. The average molecular weight is 751 g/mol. The number of hydrogen-bond acceptors (Lipinski definition) is 7. The van der Waals surface area contributed by atoms with E-state index < -0.39 is 0 Å². The number of aryl methyl sites for hydroxylation is 1. The third-order valence-corrected chi connectivity index (χ3v) is 8.91. The second kappa shape index (κ2) is 38.9. The molecule has 4 amide bonds. The van der Waals surface area contributed by atoms with Crippen molar-refractivity contribution in [3.63, 3.8) is 0 Å². The highest BCUT2D eigenvalue weighted by Crippen LogP contribution is 2.08. The highest BCUT2D eigenvalue weighted by molar-refractivity contribution is 7.02. The normalized spacial score (nSPS) is 11.5. The summed E-state index contributed by atoms with van der Waals surface area (Å²) in [4.78, 5) is 36.7. The average Bonchev–Trinajstić information content (AvgIpc) is 3.57. The lowest BCUT2D eigenvalue weighted by molar-refractivity contribution is 0.239. The van der Waals surface area contributed by atoms with Crippen LogP contribution in [-0.2, 0) is 6.42 Å². The minimum absolute atomic E-state index is 0.0391. The van der Waals surface area contributed by atoms with Gasteiger partial charge in [-0.05, 0) is 89.9 Å². The molecule has 300 valence electrons. The van der Waals surface area contributed by atoms with Crippen molar-refractivity contribution in [3.8, 4) is 0 Å². The second-order valence-electron chi connectivity index (χ2n) is 13.3. The zero-order chi connectivity index (χ0) is 38.2. The fourth-order valence-corrected chi connectivity index (χ4v) is 5.67. The Labute approximate surface area is 318 Å². The molecule has 52 heavy (non-hydrogen) atoms. The van der Waals surface area contributed by atoms with Gasteiger partial charge in [0, 0.05) is 50.6 Å². The summed E-state index contributed by atoms with van der Waals surface area (Å²) in [6, 6.07) is -0.0820. The van der Waals surface area contributed by atoms with E-state index in [1.54, 1.807) is 0 Å². The first-order valence-corrected chi connectivity index (χ1v) is 21.0. The van der Waals surface area contributed by atoms with Crippen LogP contribution in [-0.4, -0.2) is 58.6 Å². The number of aromatic amines is 1. The van der Waals surface area contributed by atoms with Crippen LogP contribution in [0.3, 0.4) is 0 Å². The van der Waals surface area contributed by atoms with E-state index >= 15 is 0 Å². The molecule has 1 rings (SSSR count). The Hall–Kier alpha value is -3.35. The maximum atomic E-state index is 11.5. The van der Waals surface area contributed by atoms with E-state index in [4.69, 9.17) is 10.9 Å². The van der Waals surface area contributed by atoms with Crippen molar-refractivity contribution in [1.82, 2.24) is 30.6 Å². The maximum absolute atomic E-state index is 11.5. The van der Waals surface area contributed by atoms with E-state index in [0.717, 1.165) is 133 Å². The van der Waals surface area contributed by atoms with E-state index in [0.29, 0.717) is 12.3 Å². The number of oxime groups is 1. The van der Waals surface area contributed by atoms with Crippen LogP contribution in [0.25, 0.3) is 0 Å². The van der Waals surface area contributed by atoms with Crippen LogP contribution in [0.4, 0.5) is 9.59 Å². The van der Waals surface area contributed by atoms with Gasteiger partial charge >= 0.3 is 16.9 Å². The van der Waals surface area contributed by atoms with Gasteiger partial charge in [-0.3, -0.25) is 9.78 Å². The number of amides is 4. The number of carbonyl (C=O) groups is 2. The van der Waals surface area contributed by atoms with Crippen LogP contribution < -0.4 is 31.9 Å². The van der Waals surface area contributed by atoms with E-state index in [1.165, 1.54) is 57.8 Å². The van der Waals surface area contributed by atoms with Gasteiger partial charge in [-0.2, -0.15) is 4.37 Å². The van der Waals surface area contributed by atoms with Gasteiger partial charge in [0.15, 0.2) is 0 Å². The Morgan fingerprint density at radius 3 is 1.46 bits per heavy atom. The number of nitrogens with zero attached hydrogens (tertiary/aromatic N) is 2. The number of urea groups is 2. The quantitative estimate of drug-likeness (QED) is 0.00963. The third kappa shape index (κ3) is 36.4. The molecule has 0 aliphatic rings. The number of allylic oxidation sites excluding steroid dienone is 4. The fourth-order valence-electron chi connectivity index (χ4n) is 5.18. The SMILES string of the molecule is CCCCCNC(=O)NCCCC/C=C\CCCCCC/C(N)=N/O.CCCCCNC(=O)NCCCC/C=C\CCCCCCc1nsc(=O)[nH]1. The van der Waals surface area contributed by atoms with Crippen molar-refractivity contribution in [2.45, 2.75) is 168 Å². The lowest BCUT2D eigenvalue weighted by Crippen LogP contribution is -2.36. The van der Waals surface area contributed by atoms with E-state index in [1.807, 2.05) is 0 Å². The van der Waals surface area contributed by atoms with Crippen molar-refractivity contribution in [2.75, 3.05) is 26.2 Å². The highest BCUT2D eigenvalue weighted by atomic mass is 32.1. The standard InChI is InChI=1S/C20H36N4O2S.C19H38N4O2/c1-2-3-13-16-21-19(25)22-17-14-11-9-7-5-4-6-8-10-12-15-18-23-20(26)27-24-18;1-2-3-13-16-21-19(24)22-17-14-11-9-7-5-4-6-8-10-12-15-18(20)23-25/h5,7H,2-4,6,8-17H2,1H3,(H2,21,22,25)(H,23,24,26);5,7,25H,2-4,6,8-17H2,1H3,(H2,20,23)(H2,21,22,24)/b2*7-5-. The molecule has 0 spiro atoms. The van der Waals surface area contributed by atoms with Gasteiger partial charge < -0.3 is 32.2 Å². The Morgan fingerprint density at radius 2 is 1.06 bits per heavy atom. The molecule has 0 saturated heterocycles. The first kappa shape index (κ1) is 48.6. The molecule has 0 unspecified atom stereocenters. The zero-order valence-electron chi connectivity index (χ0n) is 32.7. The molecule has 1 aromatic rings. The third-order valence-electron chi connectivity index (χ3n) is 8.33. The monoisotopic (exact) mass is 751 g/mol. The number of H-pyrrole nitrogens is 1. The Bertz CT molecular complexity index is 1110. The van der Waals surface area contributed by atoms with Crippen LogP contribution in [0.1, 0.15) is 167 Å². The first-order valence-electron chi connectivity index (χ1n) is 20.3. The molecule has 0 aliphatic carbocycles. The first-order chi connectivity index (χ1) is 25.4. The zero-order valence-corrected chi connectivity index (χ0v) is 33.5. The number of nitrogens with one attached hydrogen (secondary N) is 5. The van der Waals surface area contributed by atoms with E-state index in [9.17, 15) is 14.4 Å². The molecule has 1 heterocycles. The number of unbranched alkanes of at least 4 members (excludes halogenated alkanes) is 16. The van der Waals surface area contributed by atoms with Gasteiger partial charge in [0.1, 0.15) is 11.7 Å². The fraction of sp³-hybridized carbons (Fsp3) is 0.769. The molecule has 0 radical (unpaired) electrons. The summed E-state index contributed by atoms with van der Waals surface area (Å²) in [5.74, 6) is 1.15. The summed E-state index contributed by atoms with van der Waals surface area (Å²) >= 11 is 1.00. The van der Waals surface area contributed by atoms with E-state index in [-0.39, 0.29) is 16.9 Å². The van der Waals surface area contributed by atoms with Crippen molar-refractivity contribution in [3.05, 3.63) is 39.8 Å². The second-order valence-corrected chi connectivity index (χ2v) is 14.0. The van der Waals surface area contributed by atoms with E-state index in [2.05, 4.69) is 73.9 Å². The minimum Gasteiger partial charge on any atom is -0.409 e. The Kier molecular flexibility index (Phi) is 36.4. The predicted molar refractivity (Wildman–Crippen MR) is 218 cm³/mol. The highest BCUT2D eigenvalue weighted by Gasteiger charge is 2.00. The number of amidine groups is 1. The Morgan fingerprint density at radius 1 is 0.654 bits per heavy atom. The van der Waals surface area contributed by atoms with Crippen LogP contribution >= 0.6 is 11.5 Å². The molecule has 0 bridgehead atoms. The summed E-state index contributed by atoms with van der Waals surface area (Å²) in [5.41, 5.74) is 5.41. The number of rotatable bonds is 32. The summed E-state index contributed by atoms with van der Waals surface area (Å²) < 4.78 is 4.07. The molecule has 13 heteroatoms. The number of aromatic nitrogens is 2. The smallest absolute Gasteiger partial charge is 0.323 e. The molecule has 0 aliphatic heterocycles. The largest absolute Gasteiger partial charge is 0.409 e. The lowest BCUT2D eigenvalue weighted by atomic mass is 10.1. The van der Waals surface area contributed by atoms with Crippen molar-refractivity contribution >= 4 is 29.4 Å². The lowest BCUT2D eigenvalue weighted by Gasteiger charge is -2.06. The maximum Gasteiger partial charge on any atom is 0.323 e. The van der Waals surface area contributed by atoms with Gasteiger partial charge in [-0.15, -0.1) is 0 Å². The molecular weight excluding hydrogens is 677 g/mol. The predicted octanol–water partition coefficient (Wildman–Crippen LogP) is 8.83. The molecule has 0 aromatic carbocycles. The minimum atomic E-state index is -0.0587. The summed E-state index contributed by atoms with van der Waals surface area (Å²) in [6.45, 7) is 7.34.